The Balaban J connectivity index is 1.39. The number of nitrogens with zero attached hydrogens (tertiary/aromatic N) is 5. The molecule has 2 aliphatic carbocycles. The largest absolute Gasteiger partial charge is 0.385 e. The van der Waals surface area contributed by atoms with Crippen molar-refractivity contribution >= 4 is 11.3 Å². The van der Waals surface area contributed by atoms with Crippen LogP contribution in [0.15, 0.2) is 42.7 Å². The van der Waals surface area contributed by atoms with Gasteiger partial charge in [-0.25, -0.2) is 0 Å². The molecule has 28 heavy (non-hydrogen) atoms. The molecule has 1 N–H and O–H groups in total. The first kappa shape index (κ1) is 16.5. The first-order valence-electron chi connectivity index (χ1n) is 10.5. The van der Waals surface area contributed by atoms with Crippen LogP contribution >= 0.6 is 0 Å². The zero-order valence-corrected chi connectivity index (χ0v) is 15.9. The van der Waals surface area contributed by atoms with E-state index in [2.05, 4.69) is 33.3 Å². The minimum absolute atomic E-state index is 0.240. The lowest BCUT2D eigenvalue weighted by Gasteiger charge is -2.41. The number of benzene rings is 1. The van der Waals surface area contributed by atoms with Crippen LogP contribution in [-0.2, 0) is 5.60 Å². The zero-order valence-electron chi connectivity index (χ0n) is 15.9. The molecule has 3 aliphatic rings. The number of fused-ring (bicyclic) bond motifs is 2. The van der Waals surface area contributed by atoms with Gasteiger partial charge in [-0.1, -0.05) is 30.3 Å². The van der Waals surface area contributed by atoms with E-state index in [1.807, 2.05) is 22.7 Å². The third kappa shape index (κ3) is 2.47. The van der Waals surface area contributed by atoms with E-state index in [1.165, 1.54) is 19.3 Å². The average molecular weight is 375 g/mol. The molecule has 0 spiro atoms. The molecule has 3 heterocycles. The van der Waals surface area contributed by atoms with Crippen LogP contribution in [-0.4, -0.2) is 38.0 Å². The van der Waals surface area contributed by atoms with Crippen molar-refractivity contribution in [2.45, 2.75) is 43.6 Å². The molecular formula is C22H25N5O. The van der Waals surface area contributed by atoms with Crippen LogP contribution in [0.2, 0.25) is 0 Å². The summed E-state index contributed by atoms with van der Waals surface area (Å²) in [7, 11) is 0. The first-order chi connectivity index (χ1) is 13.7. The fourth-order valence-corrected chi connectivity index (χ4v) is 5.45. The number of hydrogen-bond donors (Lipinski definition) is 1. The molecule has 1 saturated heterocycles. The van der Waals surface area contributed by atoms with Gasteiger partial charge in [0.15, 0.2) is 0 Å². The summed E-state index contributed by atoms with van der Waals surface area (Å²) in [6.07, 6.45) is 7.24. The summed E-state index contributed by atoms with van der Waals surface area (Å²) in [6, 6.07) is 12.5. The van der Waals surface area contributed by atoms with Crippen molar-refractivity contribution in [2.75, 3.05) is 18.0 Å². The van der Waals surface area contributed by atoms with Gasteiger partial charge in [-0.15, -0.1) is 10.2 Å². The van der Waals surface area contributed by atoms with Crippen LogP contribution in [0.1, 0.15) is 49.3 Å². The highest BCUT2D eigenvalue weighted by Gasteiger charge is 2.50. The normalized spacial score (nSPS) is 30.0. The lowest BCUT2D eigenvalue weighted by atomic mass is 9.67. The number of anilines is 1. The van der Waals surface area contributed by atoms with Crippen LogP contribution in [0, 0.1) is 11.8 Å². The van der Waals surface area contributed by atoms with Crippen molar-refractivity contribution < 1.29 is 5.11 Å². The molecule has 1 aliphatic heterocycles. The van der Waals surface area contributed by atoms with E-state index in [4.69, 9.17) is 5.10 Å². The molecule has 6 rings (SSSR count). The van der Waals surface area contributed by atoms with Crippen LogP contribution in [0.5, 0.6) is 0 Å². The Morgan fingerprint density at radius 2 is 1.93 bits per heavy atom. The molecule has 1 aromatic carbocycles. The molecule has 2 aromatic heterocycles. The van der Waals surface area contributed by atoms with Crippen LogP contribution in [0.25, 0.3) is 5.65 Å². The molecule has 6 nitrogen and oxygen atoms in total. The van der Waals surface area contributed by atoms with Gasteiger partial charge in [0, 0.05) is 24.9 Å². The molecule has 144 valence electrons. The summed E-state index contributed by atoms with van der Waals surface area (Å²) in [6.45, 7) is 1.82. The monoisotopic (exact) mass is 375 g/mol. The van der Waals surface area contributed by atoms with Crippen molar-refractivity contribution in [3.8, 4) is 0 Å². The molecule has 2 saturated carbocycles. The predicted octanol–water partition coefficient (Wildman–Crippen LogP) is 3.13. The van der Waals surface area contributed by atoms with Crippen molar-refractivity contribution in [3.05, 3.63) is 54.0 Å². The minimum Gasteiger partial charge on any atom is -0.385 e. The van der Waals surface area contributed by atoms with Crippen molar-refractivity contribution in [1.29, 1.82) is 0 Å². The molecule has 3 atom stereocenters. The standard InChI is InChI=1S/C22H25N5O/c28-22(17-6-2-1-3-7-17)10-4-5-16-12-26(13-18(16)22)20-11-19(15-8-9-15)25-27-14-23-24-21(20)27/h1-3,6-7,11,14-16,18,28H,4-5,8-10,12-13H2/t16-,18+,22+/m0/s1. The number of hydrogen-bond acceptors (Lipinski definition) is 5. The molecule has 0 amide bonds. The maximum atomic E-state index is 11.7. The van der Waals surface area contributed by atoms with Gasteiger partial charge in [0.1, 0.15) is 6.33 Å². The van der Waals surface area contributed by atoms with E-state index >= 15 is 0 Å². The highest BCUT2D eigenvalue weighted by Crippen LogP contribution is 2.49. The summed E-state index contributed by atoms with van der Waals surface area (Å²) < 4.78 is 1.83. The van der Waals surface area contributed by atoms with Gasteiger partial charge in [-0.05, 0) is 49.7 Å². The quantitative estimate of drug-likeness (QED) is 0.762. The van der Waals surface area contributed by atoms with Gasteiger partial charge in [0.05, 0.1) is 17.0 Å². The van der Waals surface area contributed by atoms with Gasteiger partial charge in [-0.2, -0.15) is 9.61 Å². The zero-order chi connectivity index (χ0) is 18.7. The van der Waals surface area contributed by atoms with Crippen molar-refractivity contribution in [1.82, 2.24) is 19.8 Å². The maximum Gasteiger partial charge on any atom is 0.200 e. The molecular weight excluding hydrogens is 350 g/mol. The molecule has 6 heteroatoms. The number of rotatable bonds is 3. The van der Waals surface area contributed by atoms with Crippen LogP contribution in [0.3, 0.4) is 0 Å². The minimum atomic E-state index is -0.741. The smallest absolute Gasteiger partial charge is 0.200 e. The van der Waals surface area contributed by atoms with E-state index < -0.39 is 5.60 Å². The second kappa shape index (κ2) is 6.01. The fourth-order valence-electron chi connectivity index (χ4n) is 5.45. The molecule has 3 aromatic rings. The van der Waals surface area contributed by atoms with Gasteiger partial charge in [0.25, 0.3) is 0 Å². The lowest BCUT2D eigenvalue weighted by molar-refractivity contribution is -0.0631. The van der Waals surface area contributed by atoms with Crippen LogP contribution in [0.4, 0.5) is 5.69 Å². The van der Waals surface area contributed by atoms with Gasteiger partial charge in [0.2, 0.25) is 5.65 Å². The Bertz CT molecular complexity index is 1010. The number of aliphatic hydroxyl groups is 1. The Labute approximate surface area is 164 Å². The van der Waals surface area contributed by atoms with E-state index in [1.54, 1.807) is 6.33 Å². The highest BCUT2D eigenvalue weighted by molar-refractivity contribution is 5.69. The third-order valence-corrected chi connectivity index (χ3v) is 7.06. The molecule has 0 bridgehead atoms. The molecule has 0 unspecified atom stereocenters. The first-order valence-corrected chi connectivity index (χ1v) is 10.5. The lowest BCUT2D eigenvalue weighted by Crippen LogP contribution is -2.42. The fraction of sp³-hybridized carbons (Fsp3) is 0.500. The Hall–Kier alpha value is -2.47. The Kier molecular flexibility index (Phi) is 3.54. The van der Waals surface area contributed by atoms with Gasteiger partial charge < -0.3 is 10.0 Å². The topological polar surface area (TPSA) is 66.5 Å². The van der Waals surface area contributed by atoms with E-state index in [0.29, 0.717) is 11.8 Å². The maximum absolute atomic E-state index is 11.7. The van der Waals surface area contributed by atoms with Gasteiger partial charge >= 0.3 is 0 Å². The van der Waals surface area contributed by atoms with Crippen molar-refractivity contribution in [3.63, 3.8) is 0 Å². The Morgan fingerprint density at radius 1 is 1.07 bits per heavy atom. The predicted molar refractivity (Wildman–Crippen MR) is 106 cm³/mol. The molecule has 3 fully saturated rings. The SMILES string of the molecule is O[C@@]1(c2ccccc2)CCC[C@H]2CN(c3cc(C4CC4)nn4cnnc34)C[C@H]21. The summed E-state index contributed by atoms with van der Waals surface area (Å²) in [5.74, 6) is 1.32. The van der Waals surface area contributed by atoms with E-state index in [-0.39, 0.29) is 5.92 Å². The van der Waals surface area contributed by atoms with E-state index in [9.17, 15) is 5.11 Å². The highest BCUT2D eigenvalue weighted by atomic mass is 16.3. The second-order valence-electron chi connectivity index (χ2n) is 8.78. The summed E-state index contributed by atoms with van der Waals surface area (Å²) >= 11 is 0. The summed E-state index contributed by atoms with van der Waals surface area (Å²) in [5.41, 5.74) is 3.42. The van der Waals surface area contributed by atoms with Crippen LogP contribution < -0.4 is 4.90 Å². The number of aromatic nitrogens is 4. The average Bonchev–Trinajstić information content (AvgIpc) is 3.30. The summed E-state index contributed by atoms with van der Waals surface area (Å²) in [5, 5.41) is 24.9. The third-order valence-electron chi connectivity index (χ3n) is 7.06. The molecule has 0 radical (unpaired) electrons. The van der Waals surface area contributed by atoms with Gasteiger partial charge in [-0.3, -0.25) is 0 Å². The van der Waals surface area contributed by atoms with Crippen molar-refractivity contribution in [2.24, 2.45) is 11.8 Å². The summed E-state index contributed by atoms with van der Waals surface area (Å²) in [4.78, 5) is 2.42. The second-order valence-corrected chi connectivity index (χ2v) is 8.78. The van der Waals surface area contributed by atoms with E-state index in [0.717, 1.165) is 48.5 Å². The Morgan fingerprint density at radius 3 is 2.75 bits per heavy atom.